The molecule has 2 aromatic rings. The second-order valence-electron chi connectivity index (χ2n) is 6.21. The van der Waals surface area contributed by atoms with Crippen molar-refractivity contribution in [3.8, 4) is 23.8 Å². The van der Waals surface area contributed by atoms with Crippen molar-refractivity contribution < 1.29 is 23.9 Å². The molecule has 0 aromatic heterocycles. The van der Waals surface area contributed by atoms with Gasteiger partial charge in [-0.2, -0.15) is 0 Å². The Balaban J connectivity index is 1.76. The van der Waals surface area contributed by atoms with E-state index in [0.29, 0.717) is 27.2 Å². The van der Waals surface area contributed by atoms with Gasteiger partial charge in [0.15, 0.2) is 11.5 Å². The number of terminal acetylenes is 1. The van der Waals surface area contributed by atoms with E-state index in [-0.39, 0.29) is 18.1 Å². The van der Waals surface area contributed by atoms with E-state index in [2.05, 4.69) is 27.2 Å². The SMILES string of the molecule is C#CCOc1c(Br)cc(/C=C2\SC(=O)N(CC(=O)Nc3ccccc3)C2=O)cc1OC. The molecule has 1 N–H and O–H groups in total. The number of methoxy groups -OCH3 is 1. The number of imide groups is 1. The van der Waals surface area contributed by atoms with Crippen molar-refractivity contribution in [2.24, 2.45) is 0 Å². The van der Waals surface area contributed by atoms with Crippen LogP contribution in [0.4, 0.5) is 10.5 Å². The van der Waals surface area contributed by atoms with Gasteiger partial charge in [-0.1, -0.05) is 24.1 Å². The number of amides is 3. The molecule has 3 rings (SSSR count). The van der Waals surface area contributed by atoms with Crippen LogP contribution in [-0.4, -0.2) is 42.2 Å². The maximum absolute atomic E-state index is 12.7. The summed E-state index contributed by atoms with van der Waals surface area (Å²) >= 11 is 4.16. The Morgan fingerprint density at radius 3 is 2.71 bits per heavy atom. The molecule has 2 aromatic carbocycles. The fourth-order valence-electron chi connectivity index (χ4n) is 2.73. The summed E-state index contributed by atoms with van der Waals surface area (Å²) in [6.45, 7) is -0.305. The Labute approximate surface area is 191 Å². The first-order valence-corrected chi connectivity index (χ1v) is 10.6. The number of hydrogen-bond acceptors (Lipinski definition) is 6. The largest absolute Gasteiger partial charge is 0.493 e. The molecule has 158 valence electrons. The van der Waals surface area contributed by atoms with Gasteiger partial charge in [-0.15, -0.1) is 6.42 Å². The van der Waals surface area contributed by atoms with E-state index in [4.69, 9.17) is 15.9 Å². The number of anilines is 1. The van der Waals surface area contributed by atoms with Crippen LogP contribution in [0.15, 0.2) is 51.8 Å². The molecule has 3 amide bonds. The fraction of sp³-hybridized carbons (Fsp3) is 0.136. The lowest BCUT2D eigenvalue weighted by Gasteiger charge is -2.13. The molecule has 0 bridgehead atoms. The van der Waals surface area contributed by atoms with Crippen molar-refractivity contribution in [3.63, 3.8) is 0 Å². The van der Waals surface area contributed by atoms with E-state index in [1.54, 1.807) is 42.5 Å². The lowest BCUT2D eigenvalue weighted by atomic mass is 10.2. The highest BCUT2D eigenvalue weighted by Crippen LogP contribution is 2.39. The molecule has 1 aliphatic heterocycles. The lowest BCUT2D eigenvalue weighted by Crippen LogP contribution is -2.36. The average Bonchev–Trinajstić information content (AvgIpc) is 3.00. The molecular formula is C22H17BrN2O5S. The normalized spacial score (nSPS) is 14.5. The average molecular weight is 501 g/mol. The summed E-state index contributed by atoms with van der Waals surface area (Å²) in [5, 5.41) is 2.14. The van der Waals surface area contributed by atoms with Crippen LogP contribution in [-0.2, 0) is 9.59 Å². The molecule has 0 unspecified atom stereocenters. The zero-order chi connectivity index (χ0) is 22.4. The lowest BCUT2D eigenvalue weighted by molar-refractivity contribution is -0.127. The fourth-order valence-corrected chi connectivity index (χ4v) is 4.14. The minimum atomic E-state index is -0.541. The Bertz CT molecular complexity index is 1100. The summed E-state index contributed by atoms with van der Waals surface area (Å²) in [5.41, 5.74) is 1.19. The van der Waals surface area contributed by atoms with E-state index < -0.39 is 17.1 Å². The van der Waals surface area contributed by atoms with Crippen LogP contribution in [0.1, 0.15) is 5.56 Å². The van der Waals surface area contributed by atoms with Gasteiger partial charge < -0.3 is 14.8 Å². The third-order valence-corrected chi connectivity index (χ3v) is 5.58. The van der Waals surface area contributed by atoms with Crippen LogP contribution in [0, 0.1) is 12.3 Å². The van der Waals surface area contributed by atoms with Crippen LogP contribution in [0.2, 0.25) is 0 Å². The molecular weight excluding hydrogens is 484 g/mol. The summed E-state index contributed by atoms with van der Waals surface area (Å²) in [7, 11) is 1.48. The molecule has 9 heteroatoms. The van der Waals surface area contributed by atoms with Gasteiger partial charge in [0.25, 0.3) is 11.1 Å². The Morgan fingerprint density at radius 2 is 2.03 bits per heavy atom. The topological polar surface area (TPSA) is 84.9 Å². The van der Waals surface area contributed by atoms with Crippen molar-refractivity contribution in [2.45, 2.75) is 0 Å². The summed E-state index contributed by atoms with van der Waals surface area (Å²) < 4.78 is 11.4. The molecule has 1 saturated heterocycles. The van der Waals surface area contributed by atoms with Crippen LogP contribution in [0.5, 0.6) is 11.5 Å². The van der Waals surface area contributed by atoms with Gasteiger partial charge in [-0.25, -0.2) is 0 Å². The first-order valence-electron chi connectivity index (χ1n) is 8.97. The monoisotopic (exact) mass is 500 g/mol. The number of carbonyl (C=O) groups excluding carboxylic acids is 3. The molecule has 1 heterocycles. The summed E-state index contributed by atoms with van der Waals surface area (Å²) in [5.74, 6) is 2.22. The van der Waals surface area contributed by atoms with Crippen molar-refractivity contribution in [1.29, 1.82) is 0 Å². The maximum atomic E-state index is 12.7. The zero-order valence-electron chi connectivity index (χ0n) is 16.4. The number of benzene rings is 2. The van der Waals surface area contributed by atoms with Gasteiger partial charge >= 0.3 is 0 Å². The Hall–Kier alpha value is -3.22. The van der Waals surface area contributed by atoms with E-state index in [1.165, 1.54) is 7.11 Å². The summed E-state index contributed by atoms with van der Waals surface area (Å²) in [6, 6.07) is 12.2. The van der Waals surface area contributed by atoms with Crippen LogP contribution in [0.25, 0.3) is 6.08 Å². The number of ether oxygens (including phenoxy) is 2. The smallest absolute Gasteiger partial charge is 0.294 e. The molecule has 31 heavy (non-hydrogen) atoms. The van der Waals surface area contributed by atoms with Crippen molar-refractivity contribution >= 4 is 56.5 Å². The number of thioether (sulfide) groups is 1. The first kappa shape index (κ1) is 22.5. The molecule has 0 aliphatic carbocycles. The highest BCUT2D eigenvalue weighted by atomic mass is 79.9. The molecule has 7 nitrogen and oxygen atoms in total. The van der Waals surface area contributed by atoms with Gasteiger partial charge in [0, 0.05) is 5.69 Å². The molecule has 0 atom stereocenters. The predicted molar refractivity (Wildman–Crippen MR) is 123 cm³/mol. The maximum Gasteiger partial charge on any atom is 0.294 e. The molecule has 1 aliphatic rings. The zero-order valence-corrected chi connectivity index (χ0v) is 18.8. The van der Waals surface area contributed by atoms with Gasteiger partial charge in [-0.3, -0.25) is 19.3 Å². The number of halogens is 1. The minimum Gasteiger partial charge on any atom is -0.493 e. The van der Waals surface area contributed by atoms with Crippen molar-refractivity contribution in [2.75, 3.05) is 25.6 Å². The van der Waals surface area contributed by atoms with Gasteiger partial charge in [0.05, 0.1) is 16.5 Å². The molecule has 0 radical (unpaired) electrons. The third-order valence-electron chi connectivity index (χ3n) is 4.08. The molecule has 1 fully saturated rings. The van der Waals surface area contributed by atoms with Crippen molar-refractivity contribution in [1.82, 2.24) is 4.90 Å². The van der Waals surface area contributed by atoms with Crippen molar-refractivity contribution in [3.05, 3.63) is 57.4 Å². The summed E-state index contributed by atoms with van der Waals surface area (Å²) in [6.07, 6.45) is 6.78. The number of nitrogens with one attached hydrogen (secondary N) is 1. The van der Waals surface area contributed by atoms with Gasteiger partial charge in [-0.05, 0) is 63.6 Å². The Morgan fingerprint density at radius 1 is 1.29 bits per heavy atom. The minimum absolute atomic E-state index is 0.0677. The molecule has 0 spiro atoms. The van der Waals surface area contributed by atoms with Crippen LogP contribution < -0.4 is 14.8 Å². The second kappa shape index (κ2) is 10.2. The highest BCUT2D eigenvalue weighted by Gasteiger charge is 2.36. The van der Waals surface area contributed by atoms with Gasteiger partial charge in [0.2, 0.25) is 5.91 Å². The van der Waals surface area contributed by atoms with E-state index >= 15 is 0 Å². The quantitative estimate of drug-likeness (QED) is 0.454. The predicted octanol–water partition coefficient (Wildman–Crippen LogP) is 4.14. The first-order chi connectivity index (χ1) is 14.9. The number of para-hydroxylation sites is 1. The summed E-state index contributed by atoms with van der Waals surface area (Å²) in [4.78, 5) is 38.4. The standard InChI is InChI=1S/C22H17BrN2O5S/c1-3-9-30-20-16(23)10-14(11-17(20)29-2)12-18-21(27)25(22(28)31-18)13-19(26)24-15-7-5-4-6-8-15/h1,4-8,10-12H,9,13H2,2H3,(H,24,26)/b18-12-. The Kier molecular flexibility index (Phi) is 7.39. The number of carbonyl (C=O) groups is 3. The second-order valence-corrected chi connectivity index (χ2v) is 8.06. The number of hydrogen-bond donors (Lipinski definition) is 1. The van der Waals surface area contributed by atoms with E-state index in [0.717, 1.165) is 16.7 Å². The van der Waals surface area contributed by atoms with Crippen LogP contribution >= 0.6 is 27.7 Å². The highest BCUT2D eigenvalue weighted by molar-refractivity contribution is 9.10. The van der Waals surface area contributed by atoms with Crippen LogP contribution in [0.3, 0.4) is 0 Å². The number of nitrogens with zero attached hydrogens (tertiary/aromatic N) is 1. The molecule has 0 saturated carbocycles. The third kappa shape index (κ3) is 5.48. The number of rotatable bonds is 7. The van der Waals surface area contributed by atoms with E-state index in [1.807, 2.05) is 6.07 Å². The van der Waals surface area contributed by atoms with Gasteiger partial charge in [0.1, 0.15) is 13.2 Å². The van der Waals surface area contributed by atoms with E-state index in [9.17, 15) is 14.4 Å².